The van der Waals surface area contributed by atoms with E-state index in [0.29, 0.717) is 13.0 Å². The van der Waals surface area contributed by atoms with Crippen LogP contribution in [0.4, 0.5) is 0 Å². The van der Waals surface area contributed by atoms with Crippen LogP contribution in [-0.4, -0.2) is 24.6 Å². The predicted molar refractivity (Wildman–Crippen MR) is 68.8 cm³/mol. The predicted octanol–water partition coefficient (Wildman–Crippen LogP) is -0.451. The Kier molecular flexibility index (Phi) is 9.08. The lowest BCUT2D eigenvalue weighted by atomic mass is 10.0. The van der Waals surface area contributed by atoms with Crippen LogP contribution in [0.25, 0.3) is 0 Å². The molecular weight excluding hydrogens is 246 g/mol. The largest absolute Gasteiger partial charge is 0.550 e. The van der Waals surface area contributed by atoms with E-state index in [9.17, 15) is 4.79 Å². The van der Waals surface area contributed by atoms with E-state index in [2.05, 4.69) is 5.73 Å². The molecule has 3 N–H and O–H groups in total. The monoisotopic (exact) mass is 267 g/mol. The number of hydrogen-bond acceptors (Lipinski definition) is 4. The fraction of sp³-hybridized carbons (Fsp3) is 0.429. The molecule has 0 aliphatic heterocycles. The van der Waals surface area contributed by atoms with Gasteiger partial charge in [0.15, 0.2) is 0 Å². The lowest BCUT2D eigenvalue weighted by Gasteiger charge is -2.07. The number of aliphatic carboxylic acids is 1. The molecule has 0 amide bonds. The molecular formula is C14H21NO4. The second-order valence-corrected chi connectivity index (χ2v) is 4.06. The van der Waals surface area contributed by atoms with Gasteiger partial charge >= 0.3 is 5.97 Å². The van der Waals surface area contributed by atoms with Gasteiger partial charge in [-0.05, 0) is 19.4 Å². The summed E-state index contributed by atoms with van der Waals surface area (Å²) in [5, 5.41) is 8.89. The maximum Gasteiger partial charge on any atom is 0.311 e. The molecule has 1 atom stereocenters. The summed E-state index contributed by atoms with van der Waals surface area (Å²) >= 11 is 0. The first-order chi connectivity index (χ1) is 8.95. The zero-order valence-corrected chi connectivity index (χ0v) is 11.4. The molecule has 0 fully saturated rings. The van der Waals surface area contributed by atoms with Gasteiger partial charge in [0.05, 0.1) is 19.1 Å². The van der Waals surface area contributed by atoms with Crippen LogP contribution in [-0.2, 0) is 20.7 Å². The summed E-state index contributed by atoms with van der Waals surface area (Å²) in [6, 6.07) is 10.1. The Balaban J connectivity index is 0.000000711. The summed E-state index contributed by atoms with van der Waals surface area (Å²) in [4.78, 5) is 20.1. The van der Waals surface area contributed by atoms with Crippen molar-refractivity contribution >= 4 is 11.9 Å². The van der Waals surface area contributed by atoms with Gasteiger partial charge in [-0.25, -0.2) is 0 Å². The molecule has 19 heavy (non-hydrogen) atoms. The highest BCUT2D eigenvalue weighted by Crippen LogP contribution is 2.03. The lowest BCUT2D eigenvalue weighted by Crippen LogP contribution is -2.62. The second kappa shape index (κ2) is 10.1. The van der Waals surface area contributed by atoms with Crippen molar-refractivity contribution in [1.82, 2.24) is 0 Å². The van der Waals surface area contributed by atoms with Gasteiger partial charge in [0.25, 0.3) is 0 Å². The minimum atomic E-state index is -1.08. The Labute approximate surface area is 113 Å². The van der Waals surface area contributed by atoms with Gasteiger partial charge in [-0.1, -0.05) is 30.3 Å². The SMILES string of the molecule is CC(=O)[O-].CCOC(=O)CC([NH3+])Cc1ccccc1. The number of esters is 1. The van der Waals surface area contributed by atoms with Crippen molar-refractivity contribution < 1.29 is 25.2 Å². The summed E-state index contributed by atoms with van der Waals surface area (Å²) in [6.07, 6.45) is 1.21. The molecule has 0 aliphatic carbocycles. The van der Waals surface area contributed by atoms with Crippen LogP contribution < -0.4 is 10.8 Å². The Morgan fingerprint density at radius 1 is 1.32 bits per heavy atom. The molecule has 1 aromatic carbocycles. The lowest BCUT2D eigenvalue weighted by molar-refractivity contribution is -0.418. The summed E-state index contributed by atoms with van der Waals surface area (Å²) in [5.41, 5.74) is 5.16. The van der Waals surface area contributed by atoms with E-state index >= 15 is 0 Å². The Morgan fingerprint density at radius 2 is 1.84 bits per heavy atom. The average Bonchev–Trinajstić information content (AvgIpc) is 2.29. The minimum Gasteiger partial charge on any atom is -0.550 e. The maximum absolute atomic E-state index is 11.2. The molecule has 0 aromatic heterocycles. The van der Waals surface area contributed by atoms with E-state index in [4.69, 9.17) is 14.6 Å². The van der Waals surface area contributed by atoms with Crippen molar-refractivity contribution in [3.63, 3.8) is 0 Å². The Morgan fingerprint density at radius 3 is 2.32 bits per heavy atom. The standard InChI is InChI=1S/C12H17NO2.C2H4O2/c1-2-15-12(14)9-11(13)8-10-6-4-3-5-7-10;1-2(3)4/h3-7,11H,2,8-9,13H2,1H3;1H3,(H,3,4). The average molecular weight is 267 g/mol. The normalized spacial score (nSPS) is 10.9. The van der Waals surface area contributed by atoms with Crippen molar-refractivity contribution in [1.29, 1.82) is 0 Å². The number of quaternary nitrogens is 1. The third kappa shape index (κ3) is 11.0. The first kappa shape index (κ1) is 17.1. The van der Waals surface area contributed by atoms with Crippen molar-refractivity contribution in [2.45, 2.75) is 32.7 Å². The fourth-order valence-electron chi connectivity index (χ4n) is 1.48. The van der Waals surface area contributed by atoms with Gasteiger partial charge in [0.2, 0.25) is 0 Å². The molecule has 5 nitrogen and oxygen atoms in total. The number of hydrogen-bond donors (Lipinski definition) is 1. The van der Waals surface area contributed by atoms with E-state index in [1.165, 1.54) is 5.56 Å². The molecule has 0 heterocycles. The highest BCUT2D eigenvalue weighted by Gasteiger charge is 2.13. The van der Waals surface area contributed by atoms with E-state index in [0.717, 1.165) is 13.3 Å². The summed E-state index contributed by atoms with van der Waals surface area (Å²) in [7, 11) is 0. The first-order valence-corrected chi connectivity index (χ1v) is 6.15. The number of benzene rings is 1. The molecule has 0 aliphatic rings. The number of carboxylic acids is 1. The van der Waals surface area contributed by atoms with Crippen LogP contribution in [0, 0.1) is 0 Å². The highest BCUT2D eigenvalue weighted by atomic mass is 16.5. The number of ether oxygens (including phenoxy) is 1. The smallest absolute Gasteiger partial charge is 0.311 e. The van der Waals surface area contributed by atoms with E-state index in [1.54, 1.807) is 0 Å². The van der Waals surface area contributed by atoms with Crippen LogP contribution in [0.5, 0.6) is 0 Å². The highest BCUT2D eigenvalue weighted by molar-refractivity contribution is 5.69. The van der Waals surface area contributed by atoms with Gasteiger partial charge in [-0.3, -0.25) is 4.79 Å². The summed E-state index contributed by atoms with van der Waals surface area (Å²) in [5.74, 6) is -1.24. The topological polar surface area (TPSA) is 94.1 Å². The van der Waals surface area contributed by atoms with E-state index < -0.39 is 5.97 Å². The molecule has 106 valence electrons. The van der Waals surface area contributed by atoms with Crippen molar-refractivity contribution in [3.05, 3.63) is 35.9 Å². The Hall–Kier alpha value is -1.88. The van der Waals surface area contributed by atoms with E-state index in [1.807, 2.05) is 37.3 Å². The molecule has 5 heteroatoms. The van der Waals surface area contributed by atoms with Crippen molar-refractivity contribution in [3.8, 4) is 0 Å². The zero-order valence-electron chi connectivity index (χ0n) is 11.4. The van der Waals surface area contributed by atoms with Crippen LogP contribution in [0.2, 0.25) is 0 Å². The van der Waals surface area contributed by atoms with Crippen LogP contribution in [0.15, 0.2) is 30.3 Å². The third-order valence-electron chi connectivity index (χ3n) is 2.13. The number of carbonyl (C=O) groups excluding carboxylic acids is 2. The molecule has 1 rings (SSSR count). The molecule has 0 bridgehead atoms. The fourth-order valence-corrected chi connectivity index (χ4v) is 1.48. The molecule has 0 spiro atoms. The molecule has 0 saturated heterocycles. The number of carboxylic acid groups (broad SMARTS) is 1. The first-order valence-electron chi connectivity index (χ1n) is 6.15. The van der Waals surface area contributed by atoms with Gasteiger partial charge in [0.1, 0.15) is 0 Å². The van der Waals surface area contributed by atoms with Crippen LogP contribution >= 0.6 is 0 Å². The second-order valence-electron chi connectivity index (χ2n) is 4.06. The zero-order chi connectivity index (χ0) is 14.7. The molecule has 1 unspecified atom stereocenters. The summed E-state index contributed by atoms with van der Waals surface area (Å²) < 4.78 is 4.87. The van der Waals surface area contributed by atoms with Crippen molar-refractivity contribution in [2.24, 2.45) is 0 Å². The molecule has 1 aromatic rings. The summed E-state index contributed by atoms with van der Waals surface area (Å²) in [6.45, 7) is 3.23. The van der Waals surface area contributed by atoms with Gasteiger partial charge in [-0.2, -0.15) is 0 Å². The molecule has 0 radical (unpaired) electrons. The van der Waals surface area contributed by atoms with Gasteiger partial charge in [-0.15, -0.1) is 0 Å². The van der Waals surface area contributed by atoms with Crippen LogP contribution in [0.3, 0.4) is 0 Å². The Bertz CT molecular complexity index is 374. The minimum absolute atomic E-state index is 0.0893. The molecule has 0 saturated carbocycles. The van der Waals surface area contributed by atoms with Crippen molar-refractivity contribution in [2.75, 3.05) is 6.61 Å². The maximum atomic E-state index is 11.2. The van der Waals surface area contributed by atoms with E-state index in [-0.39, 0.29) is 12.0 Å². The van der Waals surface area contributed by atoms with Crippen LogP contribution in [0.1, 0.15) is 25.8 Å². The van der Waals surface area contributed by atoms with Gasteiger partial charge < -0.3 is 20.4 Å². The van der Waals surface area contributed by atoms with Gasteiger partial charge in [0, 0.05) is 12.4 Å². The third-order valence-corrected chi connectivity index (χ3v) is 2.13. The quantitative estimate of drug-likeness (QED) is 0.731. The number of carbonyl (C=O) groups is 2. The number of rotatable bonds is 5.